The van der Waals surface area contributed by atoms with E-state index in [0.717, 1.165) is 9.87 Å². The molecular weight excluding hydrogens is 346 g/mol. The predicted octanol–water partition coefficient (Wildman–Crippen LogP) is 2.09. The highest BCUT2D eigenvalue weighted by Crippen LogP contribution is 2.17. The van der Waals surface area contributed by atoms with Crippen LogP contribution in [0.4, 0.5) is 0 Å². The smallest absolute Gasteiger partial charge is 0.228 e. The van der Waals surface area contributed by atoms with Gasteiger partial charge in [0.15, 0.2) is 9.84 Å². The summed E-state index contributed by atoms with van der Waals surface area (Å²) in [6, 6.07) is 15.5. The zero-order chi connectivity index (χ0) is 17.8. The van der Waals surface area contributed by atoms with Gasteiger partial charge in [-0.3, -0.25) is 0 Å². The highest BCUT2D eigenvalue weighted by molar-refractivity contribution is 7.90. The second-order valence-corrected chi connectivity index (χ2v) is 10.1. The van der Waals surface area contributed by atoms with E-state index in [-0.39, 0.29) is 16.4 Å². The third-order valence-electron chi connectivity index (χ3n) is 3.61. The van der Waals surface area contributed by atoms with Gasteiger partial charge in [-0.15, -0.1) is 0 Å². The van der Waals surface area contributed by atoms with E-state index in [1.54, 1.807) is 12.1 Å². The molecule has 2 aromatic carbocycles. The molecule has 0 saturated carbocycles. The Balaban J connectivity index is 2.13. The molecule has 0 fully saturated rings. The van der Waals surface area contributed by atoms with E-state index in [0.29, 0.717) is 12.0 Å². The van der Waals surface area contributed by atoms with Gasteiger partial charge in [-0.05, 0) is 29.7 Å². The van der Waals surface area contributed by atoms with Crippen LogP contribution in [0, 0.1) is 0 Å². The van der Waals surface area contributed by atoms with Crippen molar-refractivity contribution in [2.45, 2.75) is 17.1 Å². The van der Waals surface area contributed by atoms with Crippen LogP contribution in [0.15, 0.2) is 59.5 Å². The number of hydrogen-bond donors (Lipinski definition) is 0. The molecule has 0 aliphatic carbocycles. The monoisotopic (exact) mass is 367 g/mol. The molecule has 0 atom stereocenters. The zero-order valence-corrected chi connectivity index (χ0v) is 15.3. The van der Waals surface area contributed by atoms with Crippen molar-refractivity contribution in [2.75, 3.05) is 19.8 Å². The van der Waals surface area contributed by atoms with Crippen LogP contribution in [0.25, 0.3) is 0 Å². The normalized spacial score (nSPS) is 12.5. The van der Waals surface area contributed by atoms with Gasteiger partial charge in [-0.25, -0.2) is 21.1 Å². The summed E-state index contributed by atoms with van der Waals surface area (Å²) < 4.78 is 50.0. The van der Waals surface area contributed by atoms with Crippen LogP contribution < -0.4 is 0 Å². The first-order chi connectivity index (χ1) is 11.2. The maximum absolute atomic E-state index is 12.3. The molecule has 5 nitrogen and oxygen atoms in total. The Kier molecular flexibility index (Phi) is 5.79. The third kappa shape index (κ3) is 4.90. The molecule has 130 valence electrons. The van der Waals surface area contributed by atoms with Crippen molar-refractivity contribution in [3.8, 4) is 0 Å². The largest absolute Gasteiger partial charge is 0.242 e. The number of rotatable bonds is 7. The molecule has 0 aliphatic rings. The Bertz CT molecular complexity index is 889. The van der Waals surface area contributed by atoms with Crippen molar-refractivity contribution < 1.29 is 16.8 Å². The molecule has 0 radical (unpaired) electrons. The Morgan fingerprint density at radius 1 is 0.833 bits per heavy atom. The maximum atomic E-state index is 12.3. The molecule has 0 heterocycles. The molecule has 0 saturated heterocycles. The second-order valence-electron chi connectivity index (χ2n) is 5.76. The summed E-state index contributed by atoms with van der Waals surface area (Å²) in [6.07, 6.45) is 0.443. The summed E-state index contributed by atoms with van der Waals surface area (Å²) in [5.41, 5.74) is 1.44. The zero-order valence-electron chi connectivity index (χ0n) is 13.7. The van der Waals surface area contributed by atoms with Crippen molar-refractivity contribution in [3.63, 3.8) is 0 Å². The van der Waals surface area contributed by atoms with Gasteiger partial charge < -0.3 is 0 Å². The van der Waals surface area contributed by atoms with Crippen LogP contribution in [0.2, 0.25) is 0 Å². The molecule has 24 heavy (non-hydrogen) atoms. The van der Waals surface area contributed by atoms with Gasteiger partial charge in [-0.1, -0.05) is 42.5 Å². The number of aryl methyl sites for hydroxylation is 1. The first kappa shape index (κ1) is 18.6. The Morgan fingerprint density at radius 3 is 2.08 bits per heavy atom. The van der Waals surface area contributed by atoms with Gasteiger partial charge in [0.05, 0.1) is 16.4 Å². The maximum Gasteiger partial charge on any atom is 0.242 e. The minimum Gasteiger partial charge on any atom is -0.228 e. The fourth-order valence-electron chi connectivity index (χ4n) is 2.25. The lowest BCUT2D eigenvalue weighted by Gasteiger charge is -2.12. The Hall–Kier alpha value is -1.70. The summed E-state index contributed by atoms with van der Waals surface area (Å²) in [6.45, 7) is 0. The number of benzene rings is 2. The van der Waals surface area contributed by atoms with Crippen molar-refractivity contribution in [3.05, 3.63) is 65.7 Å². The van der Waals surface area contributed by atoms with E-state index in [4.69, 9.17) is 0 Å². The standard InChI is InChI=1S/C17H21NO4S2/c1-18(2)24(21,22)17-10-6-9-16(13-17)14-23(19,20)12-11-15-7-4-3-5-8-15/h3-10,13H,11-12,14H2,1-2H3. The highest BCUT2D eigenvalue weighted by atomic mass is 32.2. The topological polar surface area (TPSA) is 71.5 Å². The molecule has 2 rings (SSSR count). The molecule has 0 aliphatic heterocycles. The minimum absolute atomic E-state index is 0.0294. The highest BCUT2D eigenvalue weighted by Gasteiger charge is 2.19. The SMILES string of the molecule is CN(C)S(=O)(=O)c1cccc(CS(=O)(=O)CCc2ccccc2)c1. The fourth-order valence-corrected chi connectivity index (χ4v) is 4.60. The summed E-state index contributed by atoms with van der Waals surface area (Å²) >= 11 is 0. The van der Waals surface area contributed by atoms with Crippen LogP contribution in [0.3, 0.4) is 0 Å². The van der Waals surface area contributed by atoms with E-state index in [2.05, 4.69) is 0 Å². The van der Waals surface area contributed by atoms with E-state index in [9.17, 15) is 16.8 Å². The molecule has 0 unspecified atom stereocenters. The van der Waals surface area contributed by atoms with Gasteiger partial charge in [0.2, 0.25) is 10.0 Å². The summed E-state index contributed by atoms with van der Waals surface area (Å²) in [5, 5.41) is 0. The molecule has 0 spiro atoms. The molecule has 0 aromatic heterocycles. The lowest BCUT2D eigenvalue weighted by atomic mass is 10.2. The van der Waals surface area contributed by atoms with Crippen LogP contribution in [0.1, 0.15) is 11.1 Å². The molecule has 2 aromatic rings. The molecule has 7 heteroatoms. The van der Waals surface area contributed by atoms with Gasteiger partial charge in [0.25, 0.3) is 0 Å². The first-order valence-corrected chi connectivity index (χ1v) is 10.7. The van der Waals surface area contributed by atoms with Crippen LogP contribution in [-0.4, -0.2) is 41.0 Å². The second kappa shape index (κ2) is 7.46. The lowest BCUT2D eigenvalue weighted by Crippen LogP contribution is -2.22. The van der Waals surface area contributed by atoms with E-state index < -0.39 is 19.9 Å². The van der Waals surface area contributed by atoms with Crippen LogP contribution in [-0.2, 0) is 32.0 Å². The van der Waals surface area contributed by atoms with Gasteiger partial charge >= 0.3 is 0 Å². The van der Waals surface area contributed by atoms with Gasteiger partial charge in [0, 0.05) is 14.1 Å². The molecule has 0 amide bonds. The van der Waals surface area contributed by atoms with Crippen LogP contribution >= 0.6 is 0 Å². The van der Waals surface area contributed by atoms with Crippen molar-refractivity contribution in [2.24, 2.45) is 0 Å². The fraction of sp³-hybridized carbons (Fsp3) is 0.294. The van der Waals surface area contributed by atoms with Crippen LogP contribution in [0.5, 0.6) is 0 Å². The number of sulfone groups is 1. The Labute approximate surface area is 143 Å². The van der Waals surface area contributed by atoms with Crippen molar-refractivity contribution in [1.82, 2.24) is 4.31 Å². The molecule has 0 bridgehead atoms. The number of hydrogen-bond acceptors (Lipinski definition) is 4. The predicted molar refractivity (Wildman–Crippen MR) is 95.0 cm³/mol. The summed E-state index contributed by atoms with van der Waals surface area (Å²) in [4.78, 5) is 0.100. The lowest BCUT2D eigenvalue weighted by molar-refractivity contribution is 0.520. The summed E-state index contributed by atoms with van der Waals surface area (Å²) in [5.74, 6) is -0.141. The molecular formula is C17H21NO4S2. The van der Waals surface area contributed by atoms with Gasteiger partial charge in [0.1, 0.15) is 0 Å². The molecule has 0 N–H and O–H groups in total. The van der Waals surface area contributed by atoms with Crippen molar-refractivity contribution in [1.29, 1.82) is 0 Å². The minimum atomic E-state index is -3.57. The quantitative estimate of drug-likeness (QED) is 0.751. The van der Waals surface area contributed by atoms with E-state index in [1.807, 2.05) is 30.3 Å². The van der Waals surface area contributed by atoms with E-state index in [1.165, 1.54) is 26.2 Å². The van der Waals surface area contributed by atoms with Gasteiger partial charge in [-0.2, -0.15) is 0 Å². The number of sulfonamides is 1. The average molecular weight is 367 g/mol. The number of nitrogens with zero attached hydrogens (tertiary/aromatic N) is 1. The average Bonchev–Trinajstić information content (AvgIpc) is 2.54. The van der Waals surface area contributed by atoms with E-state index >= 15 is 0 Å². The summed E-state index contributed by atoms with van der Waals surface area (Å²) in [7, 11) is -4.01. The Morgan fingerprint density at radius 2 is 1.46 bits per heavy atom. The third-order valence-corrected chi connectivity index (χ3v) is 7.02. The first-order valence-electron chi connectivity index (χ1n) is 7.46. The van der Waals surface area contributed by atoms with Crippen molar-refractivity contribution >= 4 is 19.9 Å².